The van der Waals surface area contributed by atoms with E-state index in [0.29, 0.717) is 25.1 Å². The zero-order chi connectivity index (χ0) is 14.4. The molecule has 0 aliphatic heterocycles. The van der Waals surface area contributed by atoms with Crippen molar-refractivity contribution in [2.75, 3.05) is 32.2 Å². The number of nitrogens with zero attached hydrogens (tertiary/aromatic N) is 1. The van der Waals surface area contributed by atoms with Crippen molar-refractivity contribution in [2.24, 2.45) is 5.73 Å². The second-order valence-electron chi connectivity index (χ2n) is 4.69. The van der Waals surface area contributed by atoms with Gasteiger partial charge in [-0.2, -0.15) is 0 Å². The number of anilines is 1. The van der Waals surface area contributed by atoms with Crippen LogP contribution in [-0.4, -0.2) is 33.4 Å². The Kier molecular flexibility index (Phi) is 6.18. The molecule has 2 N–H and O–H groups in total. The van der Waals surface area contributed by atoms with Crippen LogP contribution in [0, 0.1) is 11.6 Å². The molecule has 3 nitrogen and oxygen atoms in total. The number of benzene rings is 1. The molecular weight excluding hydrogens is 250 g/mol. The van der Waals surface area contributed by atoms with Crippen LogP contribution in [0.4, 0.5) is 14.5 Å². The first-order valence-electron chi connectivity index (χ1n) is 6.43. The summed E-state index contributed by atoms with van der Waals surface area (Å²) in [6.45, 7) is 2.79. The fourth-order valence-electron chi connectivity index (χ4n) is 1.89. The van der Waals surface area contributed by atoms with Crippen LogP contribution in [0.5, 0.6) is 0 Å². The number of ether oxygens (including phenoxy) is 1. The third kappa shape index (κ3) is 4.44. The van der Waals surface area contributed by atoms with E-state index in [4.69, 9.17) is 10.5 Å². The maximum atomic E-state index is 14.0. The van der Waals surface area contributed by atoms with Gasteiger partial charge in [0, 0.05) is 26.7 Å². The minimum atomic E-state index is -0.558. The minimum absolute atomic E-state index is 0.0223. The van der Waals surface area contributed by atoms with Crippen LogP contribution < -0.4 is 10.6 Å². The molecule has 108 valence electrons. The number of hydrogen-bond acceptors (Lipinski definition) is 3. The van der Waals surface area contributed by atoms with E-state index in [-0.39, 0.29) is 11.7 Å². The second-order valence-corrected chi connectivity index (χ2v) is 4.69. The van der Waals surface area contributed by atoms with Crippen LogP contribution in [0.2, 0.25) is 0 Å². The highest BCUT2D eigenvalue weighted by atomic mass is 19.1. The lowest BCUT2D eigenvalue weighted by Crippen LogP contribution is -2.25. The van der Waals surface area contributed by atoms with Gasteiger partial charge >= 0.3 is 0 Å². The summed E-state index contributed by atoms with van der Waals surface area (Å²) in [6, 6.07) is 2.64. The predicted molar refractivity (Wildman–Crippen MR) is 73.5 cm³/mol. The average Bonchev–Trinajstić information content (AvgIpc) is 2.35. The van der Waals surface area contributed by atoms with Gasteiger partial charge in [-0.1, -0.05) is 6.92 Å². The molecule has 1 aromatic carbocycles. The van der Waals surface area contributed by atoms with Crippen LogP contribution >= 0.6 is 0 Å². The molecule has 1 aromatic rings. The van der Waals surface area contributed by atoms with Gasteiger partial charge in [-0.05, 0) is 30.5 Å². The Morgan fingerprint density at radius 1 is 1.32 bits per heavy atom. The average molecular weight is 272 g/mol. The summed E-state index contributed by atoms with van der Waals surface area (Å²) in [5, 5.41) is 0. The number of hydrogen-bond donors (Lipinski definition) is 1. The Balaban J connectivity index is 2.90. The van der Waals surface area contributed by atoms with Gasteiger partial charge in [-0.15, -0.1) is 0 Å². The highest BCUT2D eigenvalue weighted by Crippen LogP contribution is 2.24. The fourth-order valence-corrected chi connectivity index (χ4v) is 1.89. The molecule has 0 bridgehead atoms. The summed E-state index contributed by atoms with van der Waals surface area (Å²) in [5.74, 6) is -1.12. The SMILES string of the molecule is CCC(N)Cc1cc(F)c(N(C)CCOC)c(F)c1. The van der Waals surface area contributed by atoms with Crippen LogP contribution in [0.1, 0.15) is 18.9 Å². The summed E-state index contributed by atoms with van der Waals surface area (Å²) >= 11 is 0. The number of rotatable bonds is 7. The molecule has 0 fully saturated rings. The molecular formula is C14H22F2N2O. The molecule has 0 aliphatic rings. The van der Waals surface area contributed by atoms with Crippen molar-refractivity contribution in [1.82, 2.24) is 0 Å². The number of methoxy groups -OCH3 is 1. The molecule has 0 saturated carbocycles. The number of halogens is 2. The van der Waals surface area contributed by atoms with E-state index >= 15 is 0 Å². The van der Waals surface area contributed by atoms with Crippen molar-refractivity contribution in [3.05, 3.63) is 29.3 Å². The Morgan fingerprint density at radius 2 is 1.89 bits per heavy atom. The van der Waals surface area contributed by atoms with E-state index in [2.05, 4.69) is 0 Å². The Labute approximate surface area is 113 Å². The topological polar surface area (TPSA) is 38.5 Å². The molecule has 1 unspecified atom stereocenters. The monoisotopic (exact) mass is 272 g/mol. The first kappa shape index (κ1) is 15.9. The van der Waals surface area contributed by atoms with E-state index < -0.39 is 11.6 Å². The van der Waals surface area contributed by atoms with Gasteiger partial charge in [-0.3, -0.25) is 0 Å². The quantitative estimate of drug-likeness (QED) is 0.828. The van der Waals surface area contributed by atoms with E-state index in [0.717, 1.165) is 6.42 Å². The van der Waals surface area contributed by atoms with E-state index in [9.17, 15) is 8.78 Å². The van der Waals surface area contributed by atoms with Gasteiger partial charge < -0.3 is 15.4 Å². The Hall–Kier alpha value is -1.20. The normalized spacial score (nSPS) is 12.5. The highest BCUT2D eigenvalue weighted by molar-refractivity contribution is 5.50. The number of nitrogens with two attached hydrogens (primary N) is 1. The molecule has 1 rings (SSSR count). The van der Waals surface area contributed by atoms with Crippen molar-refractivity contribution < 1.29 is 13.5 Å². The summed E-state index contributed by atoms with van der Waals surface area (Å²) < 4.78 is 32.9. The maximum absolute atomic E-state index is 14.0. The number of likely N-dealkylation sites (N-methyl/N-ethyl adjacent to an activating group) is 1. The third-order valence-corrected chi connectivity index (χ3v) is 3.11. The summed E-state index contributed by atoms with van der Waals surface area (Å²) in [6.07, 6.45) is 1.26. The van der Waals surface area contributed by atoms with Gasteiger partial charge in [0.25, 0.3) is 0 Å². The summed E-state index contributed by atoms with van der Waals surface area (Å²) in [4.78, 5) is 1.51. The maximum Gasteiger partial charge on any atom is 0.149 e. The molecule has 0 heterocycles. The summed E-state index contributed by atoms with van der Waals surface area (Å²) in [7, 11) is 3.19. The van der Waals surface area contributed by atoms with E-state index in [1.807, 2.05) is 6.92 Å². The fraction of sp³-hybridized carbons (Fsp3) is 0.571. The van der Waals surface area contributed by atoms with Gasteiger partial charge in [0.15, 0.2) is 0 Å². The first-order chi connectivity index (χ1) is 8.99. The largest absolute Gasteiger partial charge is 0.383 e. The molecule has 5 heteroatoms. The zero-order valence-electron chi connectivity index (χ0n) is 11.7. The Bertz CT molecular complexity index is 389. The van der Waals surface area contributed by atoms with Gasteiger partial charge in [0.2, 0.25) is 0 Å². The van der Waals surface area contributed by atoms with Crippen LogP contribution in [-0.2, 0) is 11.2 Å². The first-order valence-corrected chi connectivity index (χ1v) is 6.43. The second kappa shape index (κ2) is 7.40. The van der Waals surface area contributed by atoms with Crippen LogP contribution in [0.25, 0.3) is 0 Å². The molecule has 0 amide bonds. The molecule has 0 spiro atoms. The molecule has 19 heavy (non-hydrogen) atoms. The summed E-state index contributed by atoms with van der Waals surface area (Å²) in [5.41, 5.74) is 6.37. The molecule has 1 atom stereocenters. The van der Waals surface area contributed by atoms with Gasteiger partial charge in [0.1, 0.15) is 17.3 Å². The molecule has 0 aliphatic carbocycles. The van der Waals surface area contributed by atoms with Crippen molar-refractivity contribution in [1.29, 1.82) is 0 Å². The predicted octanol–water partition coefficient (Wildman–Crippen LogP) is 2.33. The lowest BCUT2D eigenvalue weighted by Gasteiger charge is -2.21. The minimum Gasteiger partial charge on any atom is -0.383 e. The smallest absolute Gasteiger partial charge is 0.149 e. The lowest BCUT2D eigenvalue weighted by atomic mass is 10.0. The standard InChI is InChI=1S/C14H22F2N2O/c1-4-11(17)7-10-8-12(15)14(13(16)9-10)18(2)5-6-19-3/h8-9,11H,4-7,17H2,1-3H3. The lowest BCUT2D eigenvalue weighted by molar-refractivity contribution is 0.206. The molecule has 0 aromatic heterocycles. The van der Waals surface area contributed by atoms with E-state index in [1.165, 1.54) is 17.0 Å². The van der Waals surface area contributed by atoms with Crippen molar-refractivity contribution >= 4 is 5.69 Å². The van der Waals surface area contributed by atoms with Crippen LogP contribution in [0.3, 0.4) is 0 Å². The van der Waals surface area contributed by atoms with Crippen molar-refractivity contribution in [3.8, 4) is 0 Å². The van der Waals surface area contributed by atoms with E-state index in [1.54, 1.807) is 14.2 Å². The Morgan fingerprint density at radius 3 is 2.37 bits per heavy atom. The zero-order valence-corrected chi connectivity index (χ0v) is 11.7. The highest BCUT2D eigenvalue weighted by Gasteiger charge is 2.16. The van der Waals surface area contributed by atoms with Crippen molar-refractivity contribution in [2.45, 2.75) is 25.8 Å². The van der Waals surface area contributed by atoms with Gasteiger partial charge in [0.05, 0.1) is 6.61 Å². The molecule has 0 radical (unpaired) electrons. The van der Waals surface area contributed by atoms with Crippen LogP contribution in [0.15, 0.2) is 12.1 Å². The van der Waals surface area contributed by atoms with Crippen molar-refractivity contribution in [3.63, 3.8) is 0 Å². The molecule has 0 saturated heterocycles. The van der Waals surface area contributed by atoms with Gasteiger partial charge in [-0.25, -0.2) is 8.78 Å². The third-order valence-electron chi connectivity index (χ3n) is 3.11.